The molecule has 0 unspecified atom stereocenters. The van der Waals surface area contributed by atoms with Gasteiger partial charge in [0.2, 0.25) is 0 Å². The molecule has 7 heteroatoms. The molecule has 0 aliphatic rings. The van der Waals surface area contributed by atoms with Gasteiger partial charge in [0.1, 0.15) is 28.7 Å². The van der Waals surface area contributed by atoms with E-state index in [0.29, 0.717) is 17.2 Å². The predicted molar refractivity (Wildman–Crippen MR) is 94.1 cm³/mol. The Hall–Kier alpha value is -2.38. The molecule has 0 atom stereocenters. The second-order valence-electron chi connectivity index (χ2n) is 4.77. The maximum atomic E-state index is 12.4. The Kier molecular flexibility index (Phi) is 5.12. The molecular formula is C17H15NO4S2. The SMILES string of the molecule is COc1cccc(OC)c1C(=O)OCc1csc(-c2ccsc2)n1. The quantitative estimate of drug-likeness (QED) is 0.615. The molecule has 3 rings (SSSR count). The van der Waals surface area contributed by atoms with Crippen molar-refractivity contribution in [3.63, 3.8) is 0 Å². The third-order valence-electron chi connectivity index (χ3n) is 3.30. The molecule has 0 radical (unpaired) electrons. The van der Waals surface area contributed by atoms with Crippen molar-refractivity contribution in [1.82, 2.24) is 4.98 Å². The van der Waals surface area contributed by atoms with Crippen molar-refractivity contribution in [3.8, 4) is 22.1 Å². The molecule has 0 N–H and O–H groups in total. The van der Waals surface area contributed by atoms with Crippen LogP contribution >= 0.6 is 22.7 Å². The first-order valence-corrected chi connectivity index (χ1v) is 8.90. The standard InChI is InChI=1S/C17H15NO4S2/c1-20-13-4-3-5-14(21-2)15(13)17(19)22-8-12-10-24-16(18-12)11-6-7-23-9-11/h3-7,9-10H,8H2,1-2H3. The van der Waals surface area contributed by atoms with Crippen LogP contribution in [0, 0.1) is 0 Å². The lowest BCUT2D eigenvalue weighted by atomic mass is 10.2. The number of rotatable bonds is 6. The van der Waals surface area contributed by atoms with E-state index >= 15 is 0 Å². The van der Waals surface area contributed by atoms with Crippen LogP contribution in [0.25, 0.3) is 10.6 Å². The van der Waals surface area contributed by atoms with Gasteiger partial charge in [0.05, 0.1) is 19.9 Å². The van der Waals surface area contributed by atoms with E-state index in [1.165, 1.54) is 25.6 Å². The highest BCUT2D eigenvalue weighted by Crippen LogP contribution is 2.30. The van der Waals surface area contributed by atoms with Crippen molar-refractivity contribution in [3.05, 3.63) is 51.7 Å². The first-order valence-electron chi connectivity index (χ1n) is 7.08. The molecule has 0 fully saturated rings. The van der Waals surface area contributed by atoms with Gasteiger partial charge in [-0.05, 0) is 23.6 Å². The summed E-state index contributed by atoms with van der Waals surface area (Å²) in [6, 6.07) is 7.15. The number of ether oxygens (including phenoxy) is 3. The first kappa shape index (κ1) is 16.5. The van der Waals surface area contributed by atoms with Crippen LogP contribution in [-0.2, 0) is 11.3 Å². The largest absolute Gasteiger partial charge is 0.496 e. The molecule has 0 bridgehead atoms. The number of carbonyl (C=O) groups excluding carboxylic acids is 1. The molecular weight excluding hydrogens is 346 g/mol. The fraction of sp³-hybridized carbons (Fsp3) is 0.176. The van der Waals surface area contributed by atoms with E-state index in [2.05, 4.69) is 4.98 Å². The Morgan fingerprint density at radius 3 is 2.50 bits per heavy atom. The molecule has 124 valence electrons. The number of nitrogens with zero attached hydrogens (tertiary/aromatic N) is 1. The lowest BCUT2D eigenvalue weighted by Crippen LogP contribution is -2.09. The summed E-state index contributed by atoms with van der Waals surface area (Å²) >= 11 is 3.15. The molecule has 0 saturated carbocycles. The van der Waals surface area contributed by atoms with Crippen molar-refractivity contribution < 1.29 is 19.0 Å². The zero-order valence-corrected chi connectivity index (χ0v) is 14.8. The number of methoxy groups -OCH3 is 2. The third-order valence-corrected chi connectivity index (χ3v) is 4.93. The summed E-state index contributed by atoms with van der Waals surface area (Å²) in [7, 11) is 3.00. The molecule has 0 amide bonds. The maximum Gasteiger partial charge on any atom is 0.346 e. The van der Waals surface area contributed by atoms with Crippen LogP contribution in [0.1, 0.15) is 16.1 Å². The summed E-state index contributed by atoms with van der Waals surface area (Å²) in [4.78, 5) is 16.9. The van der Waals surface area contributed by atoms with E-state index < -0.39 is 5.97 Å². The van der Waals surface area contributed by atoms with Gasteiger partial charge >= 0.3 is 5.97 Å². The predicted octanol–water partition coefficient (Wildman–Crippen LogP) is 4.25. The van der Waals surface area contributed by atoms with Crippen molar-refractivity contribution in [2.75, 3.05) is 14.2 Å². The molecule has 0 spiro atoms. The van der Waals surface area contributed by atoms with Gasteiger partial charge in [-0.25, -0.2) is 9.78 Å². The number of thiazole rings is 1. The lowest BCUT2D eigenvalue weighted by Gasteiger charge is -2.11. The van der Waals surface area contributed by atoms with E-state index in [4.69, 9.17) is 14.2 Å². The van der Waals surface area contributed by atoms with Gasteiger partial charge in [-0.1, -0.05) is 6.07 Å². The zero-order chi connectivity index (χ0) is 16.9. The number of esters is 1. The molecule has 0 aliphatic carbocycles. The topological polar surface area (TPSA) is 57.7 Å². The van der Waals surface area contributed by atoms with Crippen molar-refractivity contribution in [1.29, 1.82) is 0 Å². The number of carbonyl (C=O) groups is 1. The van der Waals surface area contributed by atoms with Crippen molar-refractivity contribution in [2.45, 2.75) is 6.61 Å². The summed E-state index contributed by atoms with van der Waals surface area (Å²) in [6.07, 6.45) is 0. The van der Waals surface area contributed by atoms with E-state index in [1.54, 1.807) is 29.5 Å². The molecule has 2 aromatic heterocycles. The smallest absolute Gasteiger partial charge is 0.346 e. The van der Waals surface area contributed by atoms with Crippen LogP contribution in [0.3, 0.4) is 0 Å². The average molecular weight is 361 g/mol. The summed E-state index contributed by atoms with van der Waals surface area (Å²) in [6.45, 7) is 0.0979. The number of thiophene rings is 1. The molecule has 1 aromatic carbocycles. The third kappa shape index (κ3) is 3.42. The van der Waals surface area contributed by atoms with Crippen LogP contribution in [0.4, 0.5) is 0 Å². The van der Waals surface area contributed by atoms with E-state index in [0.717, 1.165) is 10.6 Å². The van der Waals surface area contributed by atoms with Crippen LogP contribution < -0.4 is 9.47 Å². The molecule has 3 aromatic rings. The normalized spacial score (nSPS) is 10.4. The molecule has 0 saturated heterocycles. The maximum absolute atomic E-state index is 12.4. The number of aromatic nitrogens is 1. The second kappa shape index (κ2) is 7.46. The minimum atomic E-state index is -0.505. The Bertz CT molecular complexity index is 805. The Balaban J connectivity index is 1.72. The first-order chi connectivity index (χ1) is 11.7. The van der Waals surface area contributed by atoms with Crippen LogP contribution in [-0.4, -0.2) is 25.2 Å². The Labute approximate surface area is 147 Å². The van der Waals surface area contributed by atoms with Gasteiger partial charge in [0, 0.05) is 16.3 Å². The van der Waals surface area contributed by atoms with Crippen LogP contribution in [0.5, 0.6) is 11.5 Å². The number of benzene rings is 1. The highest BCUT2D eigenvalue weighted by molar-refractivity contribution is 7.14. The van der Waals surface area contributed by atoms with Gasteiger partial charge in [-0.15, -0.1) is 11.3 Å². The van der Waals surface area contributed by atoms with Gasteiger partial charge in [0.15, 0.2) is 0 Å². The monoisotopic (exact) mass is 361 g/mol. The van der Waals surface area contributed by atoms with Crippen molar-refractivity contribution in [2.24, 2.45) is 0 Å². The fourth-order valence-electron chi connectivity index (χ4n) is 2.16. The summed E-state index contributed by atoms with van der Waals surface area (Å²) in [5, 5.41) is 6.84. The number of hydrogen-bond acceptors (Lipinski definition) is 7. The lowest BCUT2D eigenvalue weighted by molar-refractivity contribution is 0.0461. The second-order valence-corrected chi connectivity index (χ2v) is 6.41. The van der Waals surface area contributed by atoms with E-state index in [9.17, 15) is 4.79 Å². The van der Waals surface area contributed by atoms with E-state index in [1.807, 2.05) is 22.2 Å². The highest BCUT2D eigenvalue weighted by atomic mass is 32.1. The molecule has 0 aliphatic heterocycles. The Morgan fingerprint density at radius 2 is 1.88 bits per heavy atom. The van der Waals surface area contributed by atoms with Gasteiger partial charge in [-0.2, -0.15) is 11.3 Å². The average Bonchev–Trinajstić information content (AvgIpc) is 3.29. The van der Waals surface area contributed by atoms with E-state index in [-0.39, 0.29) is 12.2 Å². The zero-order valence-electron chi connectivity index (χ0n) is 13.1. The summed E-state index contributed by atoms with van der Waals surface area (Å²) < 4.78 is 15.8. The molecule has 5 nitrogen and oxygen atoms in total. The minimum Gasteiger partial charge on any atom is -0.496 e. The van der Waals surface area contributed by atoms with Crippen LogP contribution in [0.2, 0.25) is 0 Å². The minimum absolute atomic E-state index is 0.0979. The van der Waals surface area contributed by atoms with Gasteiger partial charge in [-0.3, -0.25) is 0 Å². The summed E-state index contributed by atoms with van der Waals surface area (Å²) in [5.74, 6) is 0.322. The molecule has 2 heterocycles. The Morgan fingerprint density at radius 1 is 1.12 bits per heavy atom. The fourth-order valence-corrected chi connectivity index (χ4v) is 3.67. The van der Waals surface area contributed by atoms with Gasteiger partial charge in [0.25, 0.3) is 0 Å². The van der Waals surface area contributed by atoms with Crippen molar-refractivity contribution >= 4 is 28.6 Å². The van der Waals surface area contributed by atoms with Crippen LogP contribution in [0.15, 0.2) is 40.4 Å². The molecule has 24 heavy (non-hydrogen) atoms. The highest BCUT2D eigenvalue weighted by Gasteiger charge is 2.20. The number of hydrogen-bond donors (Lipinski definition) is 0. The van der Waals surface area contributed by atoms with Gasteiger partial charge < -0.3 is 14.2 Å². The summed E-state index contributed by atoms with van der Waals surface area (Å²) in [5.41, 5.74) is 2.06.